The highest BCUT2D eigenvalue weighted by atomic mass is 16.5. The van der Waals surface area contributed by atoms with Crippen LogP contribution in [0.1, 0.15) is 5.56 Å². The smallest absolute Gasteiger partial charge is 0.204 e. The molecule has 94 valence electrons. The summed E-state index contributed by atoms with van der Waals surface area (Å²) >= 11 is 0. The number of hydrogen-bond acceptors (Lipinski definition) is 6. The zero-order chi connectivity index (χ0) is 12.7. The van der Waals surface area contributed by atoms with Gasteiger partial charge in [0.05, 0.1) is 13.7 Å². The maximum atomic E-state index is 9.80. The fourth-order valence-corrected chi connectivity index (χ4v) is 2.29. The number of nitrogens with one attached hydrogen (secondary N) is 1. The second kappa shape index (κ2) is 3.90. The predicted molar refractivity (Wildman–Crippen MR) is 68.9 cm³/mol. The largest absolute Gasteiger partial charge is 0.504 e. The zero-order valence-electron chi connectivity index (χ0n) is 10.3. The van der Waals surface area contributed by atoms with Crippen LogP contribution in [-0.2, 0) is 0 Å². The lowest BCUT2D eigenvalue weighted by Gasteiger charge is -2.27. The molecule has 1 aromatic carbocycles. The van der Waals surface area contributed by atoms with Crippen molar-refractivity contribution in [3.63, 3.8) is 0 Å². The van der Waals surface area contributed by atoms with Crippen molar-refractivity contribution in [2.75, 3.05) is 27.2 Å². The molecule has 0 atom stereocenters. The van der Waals surface area contributed by atoms with Crippen molar-refractivity contribution in [2.24, 2.45) is 9.98 Å². The van der Waals surface area contributed by atoms with E-state index in [1.807, 2.05) is 18.0 Å². The number of aromatic hydroxyl groups is 1. The molecule has 0 radical (unpaired) electrons. The normalized spacial score (nSPS) is 16.7. The van der Waals surface area contributed by atoms with Crippen LogP contribution in [0, 0.1) is 0 Å². The molecule has 6 heteroatoms. The third-order valence-corrected chi connectivity index (χ3v) is 3.09. The first kappa shape index (κ1) is 10.9. The molecule has 2 N–H and O–H groups in total. The summed E-state index contributed by atoms with van der Waals surface area (Å²) in [5.74, 6) is 2.07. The molecule has 0 aliphatic carbocycles. The van der Waals surface area contributed by atoms with E-state index < -0.39 is 0 Å². The SMILES string of the molecule is CNC1=Nc2c(ccc(O)c2OC)C2=NCCN12. The molecule has 2 heterocycles. The molecule has 0 saturated heterocycles. The summed E-state index contributed by atoms with van der Waals surface area (Å²) in [6, 6.07) is 3.43. The molecule has 0 saturated carbocycles. The Morgan fingerprint density at radius 1 is 1.44 bits per heavy atom. The molecule has 0 fully saturated rings. The van der Waals surface area contributed by atoms with E-state index in [2.05, 4.69) is 15.3 Å². The van der Waals surface area contributed by atoms with Gasteiger partial charge in [0.1, 0.15) is 11.5 Å². The number of rotatable bonds is 1. The van der Waals surface area contributed by atoms with E-state index in [1.165, 1.54) is 7.11 Å². The summed E-state index contributed by atoms with van der Waals surface area (Å²) in [6.45, 7) is 1.57. The minimum Gasteiger partial charge on any atom is -0.504 e. The van der Waals surface area contributed by atoms with Gasteiger partial charge in [0, 0.05) is 19.2 Å². The lowest BCUT2D eigenvalue weighted by molar-refractivity contribution is 0.374. The second-order valence-corrected chi connectivity index (χ2v) is 4.06. The number of methoxy groups -OCH3 is 1. The zero-order valence-corrected chi connectivity index (χ0v) is 10.3. The van der Waals surface area contributed by atoms with Crippen LogP contribution >= 0.6 is 0 Å². The average molecular weight is 246 g/mol. The quantitative estimate of drug-likeness (QED) is 0.764. The van der Waals surface area contributed by atoms with Crippen LogP contribution in [0.15, 0.2) is 22.1 Å². The Balaban J connectivity index is 2.26. The van der Waals surface area contributed by atoms with Crippen molar-refractivity contribution in [1.29, 1.82) is 0 Å². The molecule has 0 bridgehead atoms. The molecule has 2 aliphatic rings. The topological polar surface area (TPSA) is 69.5 Å². The Kier molecular flexibility index (Phi) is 2.36. The third-order valence-electron chi connectivity index (χ3n) is 3.09. The lowest BCUT2D eigenvalue weighted by Crippen LogP contribution is -2.44. The van der Waals surface area contributed by atoms with Gasteiger partial charge in [-0.1, -0.05) is 0 Å². The summed E-state index contributed by atoms with van der Waals surface area (Å²) in [5.41, 5.74) is 1.51. The van der Waals surface area contributed by atoms with Gasteiger partial charge >= 0.3 is 0 Å². The van der Waals surface area contributed by atoms with E-state index in [4.69, 9.17) is 4.74 Å². The Morgan fingerprint density at radius 2 is 2.28 bits per heavy atom. The summed E-state index contributed by atoms with van der Waals surface area (Å²) in [6.07, 6.45) is 0. The molecule has 2 aliphatic heterocycles. The highest BCUT2D eigenvalue weighted by molar-refractivity contribution is 6.16. The van der Waals surface area contributed by atoms with Crippen molar-refractivity contribution in [1.82, 2.24) is 10.2 Å². The van der Waals surface area contributed by atoms with E-state index >= 15 is 0 Å². The van der Waals surface area contributed by atoms with Gasteiger partial charge in [-0.05, 0) is 12.1 Å². The van der Waals surface area contributed by atoms with Crippen LogP contribution in [-0.4, -0.2) is 49.0 Å². The van der Waals surface area contributed by atoms with Crippen molar-refractivity contribution in [3.8, 4) is 11.5 Å². The minimum atomic E-state index is 0.0856. The third kappa shape index (κ3) is 1.35. The van der Waals surface area contributed by atoms with Gasteiger partial charge in [-0.15, -0.1) is 0 Å². The highest BCUT2D eigenvalue weighted by Crippen LogP contribution is 2.42. The number of aliphatic imine (C=N–C) groups is 2. The maximum absolute atomic E-state index is 9.80. The monoisotopic (exact) mass is 246 g/mol. The Bertz CT molecular complexity index is 565. The number of ether oxygens (including phenoxy) is 1. The summed E-state index contributed by atoms with van der Waals surface area (Å²) in [5, 5.41) is 12.8. The predicted octanol–water partition coefficient (Wildman–Crippen LogP) is 0.683. The van der Waals surface area contributed by atoms with Gasteiger partial charge in [0.25, 0.3) is 0 Å². The van der Waals surface area contributed by atoms with E-state index in [9.17, 15) is 5.11 Å². The van der Waals surface area contributed by atoms with E-state index in [1.54, 1.807) is 6.07 Å². The first-order chi connectivity index (χ1) is 8.76. The molecular weight excluding hydrogens is 232 g/mol. The van der Waals surface area contributed by atoms with Gasteiger partial charge in [0.2, 0.25) is 5.96 Å². The molecule has 18 heavy (non-hydrogen) atoms. The Morgan fingerprint density at radius 3 is 3.00 bits per heavy atom. The standard InChI is InChI=1S/C12H14N4O2/c1-13-12-15-9-7(11-14-5-6-16(11)12)3-4-8(17)10(9)18-2/h3-4,17H,5-6H2,1-2H3,(H,13,15). The average Bonchev–Trinajstić information content (AvgIpc) is 2.86. The number of phenols is 1. The number of nitrogens with zero attached hydrogens (tertiary/aromatic N) is 3. The van der Waals surface area contributed by atoms with Gasteiger partial charge < -0.3 is 15.2 Å². The number of hydrogen-bond donors (Lipinski definition) is 2. The second-order valence-electron chi connectivity index (χ2n) is 4.06. The summed E-state index contributed by atoms with van der Waals surface area (Å²) in [4.78, 5) is 11.0. The molecule has 0 amide bonds. The number of guanidine groups is 1. The molecule has 0 aromatic heterocycles. The van der Waals surface area contributed by atoms with Gasteiger partial charge in [-0.2, -0.15) is 0 Å². The van der Waals surface area contributed by atoms with Crippen LogP contribution in [0.3, 0.4) is 0 Å². The van der Waals surface area contributed by atoms with Crippen molar-refractivity contribution >= 4 is 17.5 Å². The summed E-state index contributed by atoms with van der Waals surface area (Å²) < 4.78 is 5.23. The van der Waals surface area contributed by atoms with E-state index in [0.717, 1.165) is 30.4 Å². The number of phenolic OH excluding ortho intramolecular Hbond substituents is 1. The molecular formula is C12H14N4O2. The van der Waals surface area contributed by atoms with Gasteiger partial charge in [-0.3, -0.25) is 9.89 Å². The fraction of sp³-hybridized carbons (Fsp3) is 0.333. The highest BCUT2D eigenvalue weighted by Gasteiger charge is 2.31. The van der Waals surface area contributed by atoms with Crippen LogP contribution in [0.5, 0.6) is 11.5 Å². The number of benzene rings is 1. The molecule has 0 spiro atoms. The van der Waals surface area contributed by atoms with Crippen LogP contribution in [0.2, 0.25) is 0 Å². The summed E-state index contributed by atoms with van der Waals surface area (Å²) in [7, 11) is 3.34. The van der Waals surface area contributed by atoms with Crippen LogP contribution < -0.4 is 10.1 Å². The molecule has 6 nitrogen and oxygen atoms in total. The number of fused-ring (bicyclic) bond motifs is 3. The molecule has 3 rings (SSSR count). The van der Waals surface area contributed by atoms with Gasteiger partial charge in [0.15, 0.2) is 11.5 Å². The van der Waals surface area contributed by atoms with E-state index in [0.29, 0.717) is 11.4 Å². The van der Waals surface area contributed by atoms with Crippen LogP contribution in [0.4, 0.5) is 5.69 Å². The Labute approximate surface area is 105 Å². The maximum Gasteiger partial charge on any atom is 0.204 e. The molecule has 0 unspecified atom stereocenters. The van der Waals surface area contributed by atoms with Crippen molar-refractivity contribution in [3.05, 3.63) is 17.7 Å². The molecule has 1 aromatic rings. The van der Waals surface area contributed by atoms with E-state index in [-0.39, 0.29) is 5.75 Å². The fourth-order valence-electron chi connectivity index (χ4n) is 2.29. The Hall–Kier alpha value is -2.24. The number of amidine groups is 1. The van der Waals surface area contributed by atoms with Crippen molar-refractivity contribution in [2.45, 2.75) is 0 Å². The van der Waals surface area contributed by atoms with Gasteiger partial charge in [-0.25, -0.2) is 4.99 Å². The lowest BCUT2D eigenvalue weighted by atomic mass is 10.1. The van der Waals surface area contributed by atoms with Crippen LogP contribution in [0.25, 0.3) is 0 Å². The van der Waals surface area contributed by atoms with Crippen molar-refractivity contribution < 1.29 is 9.84 Å². The first-order valence-corrected chi connectivity index (χ1v) is 5.75. The first-order valence-electron chi connectivity index (χ1n) is 5.75. The minimum absolute atomic E-state index is 0.0856.